The van der Waals surface area contributed by atoms with Gasteiger partial charge in [-0.25, -0.2) is 4.99 Å². The van der Waals surface area contributed by atoms with Crippen molar-refractivity contribution in [2.24, 2.45) is 9.98 Å². The minimum Gasteiger partial charge on any atom is -0.260 e. The van der Waals surface area contributed by atoms with E-state index in [1.54, 1.807) is 17.5 Å². The summed E-state index contributed by atoms with van der Waals surface area (Å²) < 4.78 is 41.4. The summed E-state index contributed by atoms with van der Waals surface area (Å²) in [5.74, 6) is 0.532. The van der Waals surface area contributed by atoms with Crippen LogP contribution in [0.2, 0.25) is 0 Å². The second-order valence-corrected chi connectivity index (χ2v) is 7.46. The normalized spacial score (nSPS) is 15.4. The van der Waals surface area contributed by atoms with Gasteiger partial charge in [0.1, 0.15) is 0 Å². The van der Waals surface area contributed by atoms with Crippen LogP contribution in [0.1, 0.15) is 30.5 Å². The summed E-state index contributed by atoms with van der Waals surface area (Å²) in [6.45, 7) is 9.56. The van der Waals surface area contributed by atoms with E-state index in [-0.39, 0.29) is 12.1 Å². The van der Waals surface area contributed by atoms with E-state index in [1.807, 2.05) is 38.3 Å². The molecule has 0 N–H and O–H groups in total. The van der Waals surface area contributed by atoms with E-state index in [4.69, 9.17) is 0 Å². The van der Waals surface area contributed by atoms with Crippen LogP contribution in [-0.2, 0) is 6.18 Å². The highest BCUT2D eigenvalue weighted by Crippen LogP contribution is 2.40. The maximum atomic E-state index is 13.8. The highest BCUT2D eigenvalue weighted by molar-refractivity contribution is 7.08. The van der Waals surface area contributed by atoms with Gasteiger partial charge >= 0.3 is 6.18 Å². The Morgan fingerprint density at radius 1 is 1.21 bits per heavy atom. The predicted octanol–water partition coefficient (Wildman–Crippen LogP) is 7.02. The molecule has 0 saturated heterocycles. The number of thiophene rings is 1. The standard InChI is InChI=1S/C23H21F3N2S/c1-5-7-14(3)17(6-2)22-27-11-21(28-22)16-8-9-18(19-13-29-12-15(19)4)20(10-16)23(24,25)26/h5-10,12-13H,1,11H2,2-4H3/b14-7-,17-6+. The van der Waals surface area contributed by atoms with Gasteiger partial charge in [0, 0.05) is 5.57 Å². The molecule has 0 radical (unpaired) electrons. The molecule has 1 aromatic carbocycles. The summed E-state index contributed by atoms with van der Waals surface area (Å²) in [6.07, 6.45) is 0.968. The minimum absolute atomic E-state index is 0.193. The van der Waals surface area contributed by atoms with Crippen LogP contribution in [-0.4, -0.2) is 18.1 Å². The number of aryl methyl sites for hydroxylation is 1. The smallest absolute Gasteiger partial charge is 0.260 e. The van der Waals surface area contributed by atoms with Crippen molar-refractivity contribution >= 4 is 22.9 Å². The average molecular weight is 414 g/mol. The number of halogens is 3. The van der Waals surface area contributed by atoms with Crippen LogP contribution in [0, 0.1) is 6.92 Å². The number of hydrogen-bond acceptors (Lipinski definition) is 3. The second-order valence-electron chi connectivity index (χ2n) is 6.71. The number of benzene rings is 1. The first-order valence-corrected chi connectivity index (χ1v) is 10.0. The lowest BCUT2D eigenvalue weighted by atomic mass is 9.95. The monoisotopic (exact) mass is 414 g/mol. The van der Waals surface area contributed by atoms with Gasteiger partial charge in [-0.15, -0.1) is 0 Å². The Morgan fingerprint density at radius 2 is 1.97 bits per heavy atom. The second kappa shape index (κ2) is 8.33. The van der Waals surface area contributed by atoms with Crippen molar-refractivity contribution in [3.8, 4) is 11.1 Å². The van der Waals surface area contributed by atoms with Gasteiger partial charge in [0.25, 0.3) is 0 Å². The van der Waals surface area contributed by atoms with Crippen molar-refractivity contribution in [1.29, 1.82) is 0 Å². The molecule has 2 aromatic rings. The molecule has 0 atom stereocenters. The number of alkyl halides is 3. The summed E-state index contributed by atoms with van der Waals surface area (Å²) in [6, 6.07) is 4.42. The summed E-state index contributed by atoms with van der Waals surface area (Å²) >= 11 is 1.39. The molecule has 150 valence electrons. The molecule has 2 nitrogen and oxygen atoms in total. The van der Waals surface area contributed by atoms with Crippen molar-refractivity contribution in [2.45, 2.75) is 26.9 Å². The average Bonchev–Trinajstić information content (AvgIpc) is 3.31. The maximum absolute atomic E-state index is 13.8. The first-order valence-electron chi connectivity index (χ1n) is 9.09. The van der Waals surface area contributed by atoms with Crippen LogP contribution in [0.4, 0.5) is 13.2 Å². The van der Waals surface area contributed by atoms with E-state index < -0.39 is 11.7 Å². The number of allylic oxidation sites excluding steroid dienone is 3. The molecule has 0 spiro atoms. The fraction of sp³-hybridized carbons (Fsp3) is 0.217. The van der Waals surface area contributed by atoms with Gasteiger partial charge in [-0.05, 0) is 65.4 Å². The van der Waals surface area contributed by atoms with Crippen LogP contribution in [0.15, 0.2) is 74.9 Å². The molecule has 0 amide bonds. The lowest BCUT2D eigenvalue weighted by Crippen LogP contribution is -2.11. The first-order chi connectivity index (χ1) is 13.8. The Bertz CT molecular complexity index is 1070. The van der Waals surface area contributed by atoms with E-state index in [9.17, 15) is 13.2 Å². The molecular formula is C23H21F3N2S. The molecular weight excluding hydrogens is 393 g/mol. The van der Waals surface area contributed by atoms with Crippen LogP contribution in [0.3, 0.4) is 0 Å². The molecule has 1 aromatic heterocycles. The van der Waals surface area contributed by atoms with E-state index in [2.05, 4.69) is 16.6 Å². The van der Waals surface area contributed by atoms with E-state index >= 15 is 0 Å². The highest BCUT2D eigenvalue weighted by Gasteiger charge is 2.35. The summed E-state index contributed by atoms with van der Waals surface area (Å²) in [4.78, 5) is 8.96. The molecule has 0 unspecified atom stereocenters. The van der Waals surface area contributed by atoms with Crippen molar-refractivity contribution < 1.29 is 13.2 Å². The fourth-order valence-corrected chi connectivity index (χ4v) is 4.13. The zero-order chi connectivity index (χ0) is 21.2. The predicted molar refractivity (Wildman–Crippen MR) is 116 cm³/mol. The van der Waals surface area contributed by atoms with Crippen molar-refractivity contribution in [3.63, 3.8) is 0 Å². The number of aliphatic imine (C=N–C) groups is 2. The topological polar surface area (TPSA) is 24.7 Å². The Hall–Kier alpha value is -2.73. The van der Waals surface area contributed by atoms with Gasteiger partial charge in [-0.1, -0.05) is 36.9 Å². The highest BCUT2D eigenvalue weighted by atomic mass is 32.1. The van der Waals surface area contributed by atoms with E-state index in [0.29, 0.717) is 22.7 Å². The molecule has 6 heteroatoms. The minimum atomic E-state index is -4.46. The van der Waals surface area contributed by atoms with Gasteiger partial charge in [0.2, 0.25) is 0 Å². The number of nitrogens with zero attached hydrogens (tertiary/aromatic N) is 2. The van der Waals surface area contributed by atoms with E-state index in [0.717, 1.165) is 16.7 Å². The number of amidine groups is 1. The number of rotatable bonds is 5. The molecule has 2 heterocycles. The zero-order valence-corrected chi connectivity index (χ0v) is 17.3. The van der Waals surface area contributed by atoms with Crippen molar-refractivity contribution in [3.05, 3.63) is 81.6 Å². The molecule has 0 aliphatic carbocycles. The Labute approximate surface area is 172 Å². The largest absolute Gasteiger partial charge is 0.417 e. The Morgan fingerprint density at radius 3 is 2.55 bits per heavy atom. The van der Waals surface area contributed by atoms with Crippen LogP contribution < -0.4 is 0 Å². The van der Waals surface area contributed by atoms with Crippen LogP contribution in [0.25, 0.3) is 11.1 Å². The molecule has 0 saturated carbocycles. The zero-order valence-electron chi connectivity index (χ0n) is 16.5. The molecule has 1 aliphatic heterocycles. The third-order valence-corrected chi connectivity index (χ3v) is 5.61. The molecule has 0 fully saturated rings. The van der Waals surface area contributed by atoms with Crippen LogP contribution >= 0.6 is 11.3 Å². The molecule has 29 heavy (non-hydrogen) atoms. The lowest BCUT2D eigenvalue weighted by Gasteiger charge is -2.15. The Kier molecular flexibility index (Phi) is 6.03. The van der Waals surface area contributed by atoms with Crippen molar-refractivity contribution in [2.75, 3.05) is 6.54 Å². The maximum Gasteiger partial charge on any atom is 0.417 e. The molecule has 1 aliphatic rings. The molecule has 0 bridgehead atoms. The van der Waals surface area contributed by atoms with Crippen LogP contribution in [0.5, 0.6) is 0 Å². The van der Waals surface area contributed by atoms with E-state index in [1.165, 1.54) is 23.5 Å². The SMILES string of the molecule is C=C/C=C(C)\C(=C/C)C1=NCC(c2ccc(-c3cscc3C)c(C(F)(F)F)c2)=N1. The van der Waals surface area contributed by atoms with Gasteiger partial charge in [0.05, 0.1) is 17.8 Å². The first kappa shape index (κ1) is 21.0. The summed E-state index contributed by atoms with van der Waals surface area (Å²) in [5.41, 5.74) is 3.76. The number of hydrogen-bond donors (Lipinski definition) is 0. The van der Waals surface area contributed by atoms with Gasteiger partial charge in [-0.3, -0.25) is 4.99 Å². The fourth-order valence-electron chi connectivity index (χ4n) is 3.28. The summed E-state index contributed by atoms with van der Waals surface area (Å²) in [7, 11) is 0. The third kappa shape index (κ3) is 4.32. The van der Waals surface area contributed by atoms with Gasteiger partial charge in [0.15, 0.2) is 5.84 Å². The molecule has 3 rings (SSSR count). The van der Waals surface area contributed by atoms with Gasteiger partial charge in [-0.2, -0.15) is 24.5 Å². The summed E-state index contributed by atoms with van der Waals surface area (Å²) in [5, 5.41) is 3.60. The van der Waals surface area contributed by atoms with Crippen molar-refractivity contribution in [1.82, 2.24) is 0 Å². The third-order valence-electron chi connectivity index (χ3n) is 4.75. The quantitative estimate of drug-likeness (QED) is 0.470. The Balaban J connectivity index is 2.02. The van der Waals surface area contributed by atoms with Gasteiger partial charge < -0.3 is 0 Å². The lowest BCUT2D eigenvalue weighted by molar-refractivity contribution is -0.137.